The molecule has 0 rings (SSSR count). The van der Waals surface area contributed by atoms with Crippen molar-refractivity contribution in [2.75, 3.05) is 170 Å². The third-order valence-corrected chi connectivity index (χ3v) is 9.98. The van der Waals surface area contributed by atoms with Crippen LogP contribution in [0.2, 0.25) is 0 Å². The van der Waals surface area contributed by atoms with E-state index in [4.69, 9.17) is 5.11 Å². The number of carbonyl (C=O) groups excluding carboxylic acids is 5. The summed E-state index contributed by atoms with van der Waals surface area (Å²) in [6.45, 7) is 19.9. The van der Waals surface area contributed by atoms with Crippen molar-refractivity contribution in [1.29, 1.82) is 0 Å². The topological polar surface area (TPSA) is 106 Å². The van der Waals surface area contributed by atoms with Crippen LogP contribution in [0.4, 0.5) is 0 Å². The molecular weight excluding hydrogens is 660 g/mol. The van der Waals surface area contributed by atoms with E-state index in [0.717, 1.165) is 105 Å². The molecule has 52 heavy (non-hydrogen) atoms. The lowest BCUT2D eigenvalue weighted by Crippen LogP contribution is -2.52. The molecule has 12 heteroatoms. The summed E-state index contributed by atoms with van der Waals surface area (Å²) in [6, 6.07) is 0. The fourth-order valence-corrected chi connectivity index (χ4v) is 4.87. The van der Waals surface area contributed by atoms with E-state index in [2.05, 4.69) is 84.6 Å². The first kappa shape index (κ1) is 54.4. The van der Waals surface area contributed by atoms with Crippen molar-refractivity contribution < 1.29 is 56.0 Å². The molecule has 0 aliphatic carbocycles. The Hall–Kier alpha value is -1.93. The second-order valence-electron chi connectivity index (χ2n) is 19.3. The molecule has 0 amide bonds. The first-order chi connectivity index (χ1) is 23.3. The Morgan fingerprint density at radius 2 is 0.423 bits per heavy atom. The molecule has 0 aromatic rings. The summed E-state index contributed by atoms with van der Waals surface area (Å²) in [6.07, 6.45) is 3.24. The number of ketones is 5. The van der Waals surface area contributed by atoms with E-state index in [9.17, 15) is 24.0 Å². The molecule has 0 spiro atoms. The highest BCUT2D eigenvalue weighted by Gasteiger charge is 2.25. The van der Waals surface area contributed by atoms with E-state index in [1.54, 1.807) is 34.6 Å². The summed E-state index contributed by atoms with van der Waals surface area (Å²) in [5.41, 5.74) is 0. The zero-order valence-electron chi connectivity index (χ0n) is 37.4. The lowest BCUT2D eigenvalue weighted by atomic mass is 10.2. The third-order valence-electron chi connectivity index (χ3n) is 9.98. The number of hydrogen-bond donors (Lipinski definition) is 1. The number of Topliss-reactive ketones (excluding diaryl/α,β-unsaturated/α-hetero) is 5. The molecular formula is C40H88N6O6+6. The van der Waals surface area contributed by atoms with Gasteiger partial charge in [-0.3, -0.25) is 24.0 Å². The predicted molar refractivity (Wildman–Crippen MR) is 215 cm³/mol. The van der Waals surface area contributed by atoms with Crippen LogP contribution in [0.1, 0.15) is 66.7 Å². The zero-order valence-corrected chi connectivity index (χ0v) is 37.4. The SMILES string of the molecule is CC(=O)CC[N+](C)(C)CC[N+](C)(C)CCC(C)=O.CC(=O)CC[N+](C)(C)CC[N+](C)(C)CCC(C)=O.CC(=O)CC[N+](C)(C)CC[N+](C)(C)CCO. The van der Waals surface area contributed by atoms with Gasteiger partial charge >= 0.3 is 0 Å². The second-order valence-corrected chi connectivity index (χ2v) is 19.3. The molecule has 0 radical (unpaired) electrons. The maximum atomic E-state index is 11.0. The van der Waals surface area contributed by atoms with Gasteiger partial charge in [-0.15, -0.1) is 0 Å². The lowest BCUT2D eigenvalue weighted by Gasteiger charge is -2.35. The first-order valence-electron chi connectivity index (χ1n) is 19.3. The third kappa shape index (κ3) is 37.8. The van der Waals surface area contributed by atoms with Gasteiger partial charge in [-0.1, -0.05) is 0 Å². The molecule has 0 aliphatic rings. The summed E-state index contributed by atoms with van der Waals surface area (Å²) in [4.78, 5) is 55.0. The molecule has 0 aromatic heterocycles. The van der Waals surface area contributed by atoms with Crippen LogP contribution < -0.4 is 0 Å². The molecule has 308 valence electrons. The van der Waals surface area contributed by atoms with E-state index in [1.807, 2.05) is 0 Å². The van der Waals surface area contributed by atoms with Crippen molar-refractivity contribution in [3.8, 4) is 0 Å². The lowest BCUT2D eigenvalue weighted by molar-refractivity contribution is -0.945. The molecule has 0 saturated heterocycles. The van der Waals surface area contributed by atoms with Gasteiger partial charge < -0.3 is 32.0 Å². The van der Waals surface area contributed by atoms with Crippen molar-refractivity contribution in [3.05, 3.63) is 0 Å². The Bertz CT molecular complexity index is 962. The Morgan fingerprint density at radius 3 is 0.538 bits per heavy atom. The van der Waals surface area contributed by atoms with Crippen LogP contribution in [-0.2, 0) is 24.0 Å². The van der Waals surface area contributed by atoms with E-state index < -0.39 is 0 Å². The number of aliphatic hydroxyl groups excluding tert-OH is 1. The van der Waals surface area contributed by atoms with E-state index in [1.165, 1.54) is 0 Å². The summed E-state index contributed by atoms with van der Waals surface area (Å²) >= 11 is 0. The maximum Gasteiger partial charge on any atom is 0.135 e. The normalized spacial score (nSPS) is 12.7. The molecule has 1 N–H and O–H groups in total. The molecule has 0 bridgehead atoms. The smallest absolute Gasteiger partial charge is 0.135 e. The summed E-state index contributed by atoms with van der Waals surface area (Å²) in [7, 11) is 25.8. The predicted octanol–water partition coefficient (Wildman–Crippen LogP) is 2.31. The van der Waals surface area contributed by atoms with Crippen LogP contribution in [0.25, 0.3) is 0 Å². The minimum atomic E-state index is 0.230. The van der Waals surface area contributed by atoms with E-state index in [-0.39, 0.29) is 35.5 Å². The van der Waals surface area contributed by atoms with Gasteiger partial charge in [0.2, 0.25) is 0 Å². The van der Waals surface area contributed by atoms with Crippen LogP contribution >= 0.6 is 0 Å². The van der Waals surface area contributed by atoms with Crippen LogP contribution in [0.15, 0.2) is 0 Å². The Balaban J connectivity index is -0.000000694. The fraction of sp³-hybridized carbons (Fsp3) is 0.875. The van der Waals surface area contributed by atoms with Crippen molar-refractivity contribution in [1.82, 2.24) is 0 Å². The second kappa shape index (κ2) is 25.2. The standard InChI is InChI=1S/2C14H30N2O2.C12H28N2O2/c2*1-13(17)7-9-15(3,4)11-12-16(5,6)10-8-14(2)18;1-12(16)6-7-13(2,3)8-9-14(4,5)10-11-15/h2*7-12H2,1-6H3;15H,6-11H2,1-5H3/q3*+2. The quantitative estimate of drug-likeness (QED) is 0.136. The number of nitrogens with zero attached hydrogens (tertiary/aromatic N) is 6. The number of aliphatic hydroxyl groups is 1. The average Bonchev–Trinajstić information content (AvgIpc) is 2.98. The summed E-state index contributed by atoms with van der Waals surface area (Å²) in [5, 5.41) is 8.94. The van der Waals surface area contributed by atoms with Gasteiger partial charge in [0.1, 0.15) is 74.7 Å². The first-order valence-corrected chi connectivity index (χ1v) is 19.3. The molecule has 0 saturated carbocycles. The number of likely N-dealkylation sites (N-methyl/N-ethyl adjacent to an activating group) is 6. The van der Waals surface area contributed by atoms with Crippen molar-refractivity contribution >= 4 is 28.9 Å². The largest absolute Gasteiger partial charge is 0.391 e. The number of hydrogen-bond acceptors (Lipinski definition) is 6. The van der Waals surface area contributed by atoms with Crippen LogP contribution in [0.5, 0.6) is 0 Å². The minimum absolute atomic E-state index is 0.230. The van der Waals surface area contributed by atoms with Gasteiger partial charge in [-0.2, -0.15) is 0 Å². The van der Waals surface area contributed by atoms with Crippen molar-refractivity contribution in [3.63, 3.8) is 0 Å². The highest BCUT2D eigenvalue weighted by Crippen LogP contribution is 2.08. The highest BCUT2D eigenvalue weighted by molar-refractivity contribution is 5.76. The van der Waals surface area contributed by atoms with Gasteiger partial charge in [-0.05, 0) is 34.6 Å². The molecule has 0 heterocycles. The molecule has 0 unspecified atom stereocenters. The van der Waals surface area contributed by atoms with Crippen LogP contribution in [-0.4, -0.2) is 231 Å². The number of rotatable bonds is 26. The molecule has 0 aliphatic heterocycles. The fourth-order valence-electron chi connectivity index (χ4n) is 4.87. The van der Waals surface area contributed by atoms with E-state index in [0.29, 0.717) is 32.1 Å². The molecule has 0 atom stereocenters. The van der Waals surface area contributed by atoms with Gasteiger partial charge in [0, 0.05) is 0 Å². The minimum Gasteiger partial charge on any atom is -0.391 e. The van der Waals surface area contributed by atoms with Gasteiger partial charge in [0.25, 0.3) is 0 Å². The van der Waals surface area contributed by atoms with Gasteiger partial charge in [0.05, 0.1) is 156 Å². The zero-order chi connectivity index (χ0) is 41.6. The Kier molecular flexibility index (Phi) is 26.4. The number of quaternary nitrogens is 6. The van der Waals surface area contributed by atoms with Crippen LogP contribution in [0.3, 0.4) is 0 Å². The maximum absolute atomic E-state index is 11.0. The van der Waals surface area contributed by atoms with Gasteiger partial charge in [0.15, 0.2) is 0 Å². The van der Waals surface area contributed by atoms with Crippen molar-refractivity contribution in [2.45, 2.75) is 66.7 Å². The average molecular weight is 749 g/mol. The Morgan fingerprint density at radius 1 is 0.288 bits per heavy atom. The monoisotopic (exact) mass is 749 g/mol. The highest BCUT2D eigenvalue weighted by atomic mass is 16.3. The number of carbonyl (C=O) groups is 5. The Labute approximate surface area is 320 Å². The van der Waals surface area contributed by atoms with Gasteiger partial charge in [-0.25, -0.2) is 0 Å². The molecule has 12 nitrogen and oxygen atoms in total. The van der Waals surface area contributed by atoms with E-state index >= 15 is 0 Å². The summed E-state index contributed by atoms with van der Waals surface area (Å²) < 4.78 is 5.15. The molecule has 0 fully saturated rings. The summed E-state index contributed by atoms with van der Waals surface area (Å²) in [5.74, 6) is 1.28. The van der Waals surface area contributed by atoms with Crippen LogP contribution in [0, 0.1) is 0 Å². The van der Waals surface area contributed by atoms with Crippen molar-refractivity contribution in [2.24, 2.45) is 0 Å². The molecule has 0 aromatic carbocycles.